The van der Waals surface area contributed by atoms with Crippen molar-refractivity contribution in [2.45, 2.75) is 25.7 Å². The van der Waals surface area contributed by atoms with Gasteiger partial charge in [-0.15, -0.1) is 0 Å². The molecule has 2 N–H and O–H groups in total. The van der Waals surface area contributed by atoms with Crippen LogP contribution in [0.25, 0.3) is 0 Å². The molecule has 1 spiro atoms. The first-order chi connectivity index (χ1) is 7.72. The summed E-state index contributed by atoms with van der Waals surface area (Å²) in [6.45, 7) is 2.64. The van der Waals surface area contributed by atoms with Crippen LogP contribution in [-0.4, -0.2) is 44.2 Å². The predicted molar refractivity (Wildman–Crippen MR) is 61.9 cm³/mol. The SMILES string of the molecule is COC[C@@H]1CN(C(=O)CN)CC12CCCC2. The number of rotatable bonds is 3. The largest absolute Gasteiger partial charge is 0.384 e. The summed E-state index contributed by atoms with van der Waals surface area (Å²) in [5, 5.41) is 0. The van der Waals surface area contributed by atoms with E-state index >= 15 is 0 Å². The Labute approximate surface area is 97.1 Å². The van der Waals surface area contributed by atoms with Gasteiger partial charge in [0.05, 0.1) is 13.2 Å². The first kappa shape index (κ1) is 11.9. The molecular formula is C12H22N2O2. The van der Waals surface area contributed by atoms with Crippen LogP contribution >= 0.6 is 0 Å². The van der Waals surface area contributed by atoms with Crippen LogP contribution < -0.4 is 5.73 Å². The Kier molecular flexibility index (Phi) is 3.50. The number of nitrogens with zero attached hydrogens (tertiary/aromatic N) is 1. The maximum Gasteiger partial charge on any atom is 0.236 e. The molecule has 0 aromatic heterocycles. The van der Waals surface area contributed by atoms with Crippen molar-refractivity contribution in [1.29, 1.82) is 0 Å². The molecule has 0 radical (unpaired) electrons. The smallest absolute Gasteiger partial charge is 0.236 e. The molecule has 1 atom stereocenters. The van der Waals surface area contributed by atoms with E-state index in [9.17, 15) is 4.79 Å². The Morgan fingerprint density at radius 1 is 1.50 bits per heavy atom. The maximum absolute atomic E-state index is 11.7. The fraction of sp³-hybridized carbons (Fsp3) is 0.917. The Morgan fingerprint density at radius 2 is 2.19 bits per heavy atom. The lowest BCUT2D eigenvalue weighted by molar-refractivity contribution is -0.129. The number of hydrogen-bond acceptors (Lipinski definition) is 3. The van der Waals surface area contributed by atoms with E-state index in [1.165, 1.54) is 25.7 Å². The number of amides is 1. The normalized spacial score (nSPS) is 27.9. The zero-order chi connectivity index (χ0) is 11.6. The van der Waals surface area contributed by atoms with Crippen molar-refractivity contribution in [3.8, 4) is 0 Å². The maximum atomic E-state index is 11.7. The van der Waals surface area contributed by atoms with E-state index in [1.807, 2.05) is 4.90 Å². The summed E-state index contributed by atoms with van der Waals surface area (Å²) in [7, 11) is 1.75. The van der Waals surface area contributed by atoms with Crippen molar-refractivity contribution < 1.29 is 9.53 Å². The van der Waals surface area contributed by atoms with Crippen molar-refractivity contribution in [2.75, 3.05) is 33.4 Å². The predicted octanol–water partition coefficient (Wildman–Crippen LogP) is 0.610. The summed E-state index contributed by atoms with van der Waals surface area (Å²) in [4.78, 5) is 13.6. The van der Waals surface area contributed by atoms with Gasteiger partial charge in [-0.3, -0.25) is 4.79 Å². The number of ether oxygens (including phenoxy) is 1. The number of carbonyl (C=O) groups is 1. The topological polar surface area (TPSA) is 55.6 Å². The molecule has 0 unspecified atom stereocenters. The summed E-state index contributed by atoms with van der Waals surface area (Å²) in [5.74, 6) is 0.598. The van der Waals surface area contributed by atoms with Crippen LogP contribution in [-0.2, 0) is 9.53 Å². The van der Waals surface area contributed by atoms with Crippen LogP contribution in [0.15, 0.2) is 0 Å². The second kappa shape index (κ2) is 4.72. The number of nitrogens with two attached hydrogens (primary N) is 1. The quantitative estimate of drug-likeness (QED) is 0.767. The van der Waals surface area contributed by atoms with Gasteiger partial charge in [0.15, 0.2) is 0 Å². The second-order valence-corrected chi connectivity index (χ2v) is 5.20. The molecule has 1 heterocycles. The average molecular weight is 226 g/mol. The summed E-state index contributed by atoms with van der Waals surface area (Å²) in [6.07, 6.45) is 5.08. The van der Waals surface area contributed by atoms with E-state index in [-0.39, 0.29) is 12.5 Å². The lowest BCUT2D eigenvalue weighted by atomic mass is 9.77. The molecule has 1 saturated heterocycles. The molecule has 92 valence electrons. The van der Waals surface area contributed by atoms with Crippen molar-refractivity contribution in [1.82, 2.24) is 4.90 Å². The molecule has 2 aliphatic rings. The third-order valence-corrected chi connectivity index (χ3v) is 4.31. The van der Waals surface area contributed by atoms with Crippen LogP contribution in [0, 0.1) is 11.3 Å². The number of likely N-dealkylation sites (tertiary alicyclic amines) is 1. The van der Waals surface area contributed by atoms with Gasteiger partial charge >= 0.3 is 0 Å². The molecule has 4 nitrogen and oxygen atoms in total. The Bertz CT molecular complexity index is 262. The molecule has 16 heavy (non-hydrogen) atoms. The third-order valence-electron chi connectivity index (χ3n) is 4.31. The van der Waals surface area contributed by atoms with Crippen LogP contribution in [0.5, 0.6) is 0 Å². The minimum absolute atomic E-state index is 0.0879. The highest BCUT2D eigenvalue weighted by Gasteiger charge is 2.48. The zero-order valence-corrected chi connectivity index (χ0v) is 10.1. The summed E-state index contributed by atoms with van der Waals surface area (Å²) in [6, 6.07) is 0. The first-order valence-electron chi connectivity index (χ1n) is 6.18. The van der Waals surface area contributed by atoms with Crippen LogP contribution in [0.4, 0.5) is 0 Å². The molecule has 1 aliphatic heterocycles. The molecular weight excluding hydrogens is 204 g/mol. The highest BCUT2D eigenvalue weighted by atomic mass is 16.5. The fourth-order valence-corrected chi connectivity index (χ4v) is 3.43. The minimum Gasteiger partial charge on any atom is -0.384 e. The summed E-state index contributed by atoms with van der Waals surface area (Å²) < 4.78 is 5.30. The Morgan fingerprint density at radius 3 is 2.75 bits per heavy atom. The van der Waals surface area contributed by atoms with Crippen molar-refractivity contribution in [2.24, 2.45) is 17.1 Å². The molecule has 1 aliphatic carbocycles. The van der Waals surface area contributed by atoms with Gasteiger partial charge in [0.1, 0.15) is 0 Å². The van der Waals surface area contributed by atoms with Crippen molar-refractivity contribution in [3.63, 3.8) is 0 Å². The average Bonchev–Trinajstić information content (AvgIpc) is 2.88. The fourth-order valence-electron chi connectivity index (χ4n) is 3.43. The van der Waals surface area contributed by atoms with Crippen molar-refractivity contribution >= 4 is 5.91 Å². The molecule has 0 aromatic rings. The highest BCUT2D eigenvalue weighted by Crippen LogP contribution is 2.49. The summed E-state index contributed by atoms with van der Waals surface area (Å²) in [5.41, 5.74) is 5.77. The Hall–Kier alpha value is -0.610. The Balaban J connectivity index is 2.08. The summed E-state index contributed by atoms with van der Waals surface area (Å²) >= 11 is 0. The highest BCUT2D eigenvalue weighted by molar-refractivity contribution is 5.78. The van der Waals surface area contributed by atoms with E-state index in [4.69, 9.17) is 10.5 Å². The molecule has 4 heteroatoms. The van der Waals surface area contributed by atoms with Gasteiger partial charge in [-0.2, -0.15) is 0 Å². The number of carbonyl (C=O) groups excluding carboxylic acids is 1. The van der Waals surface area contributed by atoms with E-state index in [1.54, 1.807) is 7.11 Å². The van der Waals surface area contributed by atoms with Gasteiger partial charge in [-0.1, -0.05) is 12.8 Å². The molecule has 2 rings (SSSR count). The van der Waals surface area contributed by atoms with E-state index < -0.39 is 0 Å². The molecule has 0 bridgehead atoms. The van der Waals surface area contributed by atoms with Gasteiger partial charge in [0.25, 0.3) is 0 Å². The molecule has 1 saturated carbocycles. The van der Waals surface area contributed by atoms with E-state index in [2.05, 4.69) is 0 Å². The number of hydrogen-bond donors (Lipinski definition) is 1. The number of methoxy groups -OCH3 is 1. The van der Waals surface area contributed by atoms with Crippen LogP contribution in [0.1, 0.15) is 25.7 Å². The third kappa shape index (κ3) is 1.96. The van der Waals surface area contributed by atoms with Gasteiger partial charge < -0.3 is 15.4 Å². The van der Waals surface area contributed by atoms with Crippen LogP contribution in [0.3, 0.4) is 0 Å². The lowest BCUT2D eigenvalue weighted by Gasteiger charge is -2.29. The monoisotopic (exact) mass is 226 g/mol. The van der Waals surface area contributed by atoms with E-state index in [0.29, 0.717) is 11.3 Å². The zero-order valence-electron chi connectivity index (χ0n) is 10.1. The van der Waals surface area contributed by atoms with Gasteiger partial charge in [-0.05, 0) is 18.3 Å². The van der Waals surface area contributed by atoms with E-state index in [0.717, 1.165) is 19.7 Å². The van der Waals surface area contributed by atoms with Crippen LogP contribution in [0.2, 0.25) is 0 Å². The van der Waals surface area contributed by atoms with Gasteiger partial charge in [0.2, 0.25) is 5.91 Å². The molecule has 2 fully saturated rings. The molecule has 0 aromatic carbocycles. The van der Waals surface area contributed by atoms with Gasteiger partial charge in [-0.25, -0.2) is 0 Å². The molecule has 1 amide bonds. The second-order valence-electron chi connectivity index (χ2n) is 5.20. The minimum atomic E-state index is 0.0879. The lowest BCUT2D eigenvalue weighted by Crippen LogP contribution is -2.35. The standard InChI is InChI=1S/C12H22N2O2/c1-16-8-10-7-14(11(15)6-13)9-12(10)4-2-3-5-12/h10H,2-9,13H2,1H3/t10-/m0/s1. The first-order valence-corrected chi connectivity index (χ1v) is 6.18. The van der Waals surface area contributed by atoms with Crippen molar-refractivity contribution in [3.05, 3.63) is 0 Å². The van der Waals surface area contributed by atoms with Gasteiger partial charge in [0, 0.05) is 26.1 Å².